The Morgan fingerprint density at radius 2 is 1.85 bits per heavy atom. The summed E-state index contributed by atoms with van der Waals surface area (Å²) in [5, 5.41) is 16.7. The predicted octanol–water partition coefficient (Wildman–Crippen LogP) is 2.64. The number of carbonyl (C=O) groups is 2. The number of benzene rings is 2. The second kappa shape index (κ2) is 12.7. The van der Waals surface area contributed by atoms with Crippen molar-refractivity contribution in [2.75, 3.05) is 13.7 Å². The van der Waals surface area contributed by atoms with Crippen LogP contribution in [0.1, 0.15) is 18.0 Å². The number of nitrogens with zero attached hydrogens (tertiary/aromatic N) is 3. The number of amides is 2. The molecule has 0 radical (unpaired) electrons. The number of aromatic nitrogens is 3. The molecule has 0 fully saturated rings. The Balaban J connectivity index is 1.91. The molecule has 3 rings (SSSR count). The van der Waals surface area contributed by atoms with Gasteiger partial charge in [-0.25, -0.2) is 14.3 Å². The van der Waals surface area contributed by atoms with Crippen LogP contribution in [0.25, 0.3) is 11.4 Å². The van der Waals surface area contributed by atoms with E-state index in [2.05, 4.69) is 10.4 Å². The summed E-state index contributed by atoms with van der Waals surface area (Å²) >= 11 is 5.88. The first-order chi connectivity index (χ1) is 18.4. The lowest BCUT2D eigenvalue weighted by molar-refractivity contribution is -0.207. The van der Waals surface area contributed by atoms with E-state index in [0.717, 1.165) is 0 Å². The molecule has 39 heavy (non-hydrogen) atoms. The van der Waals surface area contributed by atoms with Gasteiger partial charge in [0.2, 0.25) is 5.91 Å². The van der Waals surface area contributed by atoms with Gasteiger partial charge in [-0.3, -0.25) is 9.36 Å². The lowest BCUT2D eigenvalue weighted by Crippen LogP contribution is -2.39. The fourth-order valence-corrected chi connectivity index (χ4v) is 3.84. The summed E-state index contributed by atoms with van der Waals surface area (Å²) in [5.41, 5.74) is 4.73. The van der Waals surface area contributed by atoms with E-state index in [1.807, 2.05) is 0 Å². The Hall–Kier alpha value is -4.04. The van der Waals surface area contributed by atoms with Crippen molar-refractivity contribution in [1.82, 2.24) is 19.7 Å². The zero-order valence-electron chi connectivity index (χ0n) is 20.5. The standard InChI is InChI=1S/C24H25ClF3N5O6/c1-38-18-5-3-2-4-16(18)17(10-11-39-22(29)36)30-20(35)13-33-23(37)32(12-19(34)24(26,27)28)21(31-33)14-6-8-15(25)9-7-14/h2-9,17,19,34H,10-13H2,1H3,(H2,29,36)(H,30,35). The normalized spacial score (nSPS) is 13.0. The molecule has 210 valence electrons. The summed E-state index contributed by atoms with van der Waals surface area (Å²) in [6.45, 7) is -1.96. The van der Waals surface area contributed by atoms with Crippen LogP contribution in [0, 0.1) is 0 Å². The Morgan fingerprint density at radius 1 is 1.18 bits per heavy atom. The van der Waals surface area contributed by atoms with Gasteiger partial charge in [0.1, 0.15) is 12.3 Å². The highest BCUT2D eigenvalue weighted by Gasteiger charge is 2.39. The van der Waals surface area contributed by atoms with E-state index < -0.39 is 49.1 Å². The first kappa shape index (κ1) is 29.5. The number of alkyl halides is 3. The zero-order chi connectivity index (χ0) is 28.7. The van der Waals surface area contributed by atoms with Crippen LogP contribution in [0.2, 0.25) is 5.02 Å². The molecule has 15 heteroatoms. The number of para-hydroxylation sites is 1. The number of aliphatic hydroxyl groups is 1. The number of primary amides is 1. The van der Waals surface area contributed by atoms with Crippen LogP contribution in [0.3, 0.4) is 0 Å². The molecule has 0 bridgehead atoms. The fraction of sp³-hybridized carbons (Fsp3) is 0.333. The van der Waals surface area contributed by atoms with E-state index in [4.69, 9.17) is 26.8 Å². The lowest BCUT2D eigenvalue weighted by Gasteiger charge is -2.21. The molecule has 2 atom stereocenters. The van der Waals surface area contributed by atoms with Crippen molar-refractivity contribution in [2.24, 2.45) is 5.73 Å². The molecule has 2 amide bonds. The van der Waals surface area contributed by atoms with Crippen molar-refractivity contribution in [2.45, 2.75) is 37.8 Å². The summed E-state index contributed by atoms with van der Waals surface area (Å²) < 4.78 is 50.6. The van der Waals surface area contributed by atoms with Gasteiger partial charge in [-0.1, -0.05) is 29.8 Å². The van der Waals surface area contributed by atoms with Gasteiger partial charge in [-0.2, -0.15) is 13.2 Å². The maximum absolute atomic E-state index is 13.1. The van der Waals surface area contributed by atoms with Crippen molar-refractivity contribution in [1.29, 1.82) is 0 Å². The van der Waals surface area contributed by atoms with E-state index >= 15 is 0 Å². The van der Waals surface area contributed by atoms with Crippen LogP contribution in [0.15, 0.2) is 53.3 Å². The van der Waals surface area contributed by atoms with Crippen LogP contribution in [-0.4, -0.2) is 57.5 Å². The molecule has 0 saturated carbocycles. The smallest absolute Gasteiger partial charge is 0.416 e. The molecule has 11 nitrogen and oxygen atoms in total. The first-order valence-electron chi connectivity index (χ1n) is 11.4. The molecule has 2 unspecified atom stereocenters. The average Bonchev–Trinajstić information content (AvgIpc) is 3.17. The number of methoxy groups -OCH3 is 1. The van der Waals surface area contributed by atoms with Gasteiger partial charge in [0, 0.05) is 22.6 Å². The summed E-state index contributed by atoms with van der Waals surface area (Å²) in [6.07, 6.45) is -8.77. The molecule has 4 N–H and O–H groups in total. The van der Waals surface area contributed by atoms with Crippen LogP contribution in [0.5, 0.6) is 5.75 Å². The molecule has 0 aliphatic heterocycles. The van der Waals surface area contributed by atoms with Gasteiger partial charge in [0.15, 0.2) is 11.9 Å². The third kappa shape index (κ3) is 7.74. The molecule has 3 aromatic rings. The zero-order valence-corrected chi connectivity index (χ0v) is 21.3. The minimum atomic E-state index is -4.99. The quantitative estimate of drug-likeness (QED) is 0.320. The number of nitrogens with two attached hydrogens (primary N) is 1. The second-order valence-corrected chi connectivity index (χ2v) is 8.69. The molecular formula is C24H25ClF3N5O6. The van der Waals surface area contributed by atoms with Crippen molar-refractivity contribution in [3.05, 3.63) is 69.6 Å². The topological polar surface area (TPSA) is 151 Å². The number of ether oxygens (including phenoxy) is 2. The maximum Gasteiger partial charge on any atom is 0.416 e. The number of halogens is 4. The Labute approximate surface area is 224 Å². The Kier molecular flexibility index (Phi) is 9.59. The minimum absolute atomic E-state index is 0.0895. The molecule has 1 heterocycles. The molecule has 0 aliphatic rings. The summed E-state index contributed by atoms with van der Waals surface area (Å²) in [5.74, 6) is -0.505. The van der Waals surface area contributed by atoms with E-state index in [1.165, 1.54) is 31.4 Å². The summed E-state index contributed by atoms with van der Waals surface area (Å²) in [6, 6.07) is 11.7. The van der Waals surface area contributed by atoms with Crippen molar-refractivity contribution < 1.29 is 37.3 Å². The van der Waals surface area contributed by atoms with Crippen LogP contribution in [-0.2, 0) is 22.6 Å². The number of hydrogen-bond donors (Lipinski definition) is 3. The van der Waals surface area contributed by atoms with E-state index in [1.54, 1.807) is 24.3 Å². The van der Waals surface area contributed by atoms with E-state index in [0.29, 0.717) is 25.6 Å². The second-order valence-electron chi connectivity index (χ2n) is 8.26. The van der Waals surface area contributed by atoms with Crippen LogP contribution >= 0.6 is 11.6 Å². The highest BCUT2D eigenvalue weighted by molar-refractivity contribution is 6.30. The van der Waals surface area contributed by atoms with Crippen molar-refractivity contribution >= 4 is 23.6 Å². The van der Waals surface area contributed by atoms with Gasteiger partial charge >= 0.3 is 18.0 Å². The predicted molar refractivity (Wildman–Crippen MR) is 133 cm³/mol. The van der Waals surface area contributed by atoms with Gasteiger partial charge < -0.3 is 25.6 Å². The van der Waals surface area contributed by atoms with Gasteiger partial charge in [0.25, 0.3) is 0 Å². The number of carbonyl (C=O) groups excluding carboxylic acids is 2. The van der Waals surface area contributed by atoms with Crippen molar-refractivity contribution in [3.63, 3.8) is 0 Å². The monoisotopic (exact) mass is 571 g/mol. The number of aliphatic hydroxyl groups excluding tert-OH is 1. The van der Waals surface area contributed by atoms with Gasteiger partial charge in [-0.15, -0.1) is 5.10 Å². The van der Waals surface area contributed by atoms with Gasteiger partial charge in [0.05, 0.1) is 26.3 Å². The molecule has 1 aromatic heterocycles. The SMILES string of the molecule is COc1ccccc1C(CCOC(N)=O)NC(=O)Cn1nc(-c2ccc(Cl)cc2)n(CC(O)C(F)(F)F)c1=O. The Bertz CT molecular complexity index is 1360. The Morgan fingerprint density at radius 3 is 2.46 bits per heavy atom. The largest absolute Gasteiger partial charge is 0.496 e. The maximum atomic E-state index is 13.1. The molecule has 0 spiro atoms. The van der Waals surface area contributed by atoms with Crippen LogP contribution in [0.4, 0.5) is 18.0 Å². The van der Waals surface area contributed by atoms with Crippen LogP contribution < -0.4 is 21.5 Å². The lowest BCUT2D eigenvalue weighted by atomic mass is 10.0. The highest BCUT2D eigenvalue weighted by atomic mass is 35.5. The minimum Gasteiger partial charge on any atom is -0.496 e. The molecular weight excluding hydrogens is 547 g/mol. The number of rotatable bonds is 11. The number of hydrogen-bond acceptors (Lipinski definition) is 7. The summed E-state index contributed by atoms with van der Waals surface area (Å²) in [4.78, 5) is 37.0. The molecule has 0 saturated heterocycles. The number of nitrogens with one attached hydrogen (secondary N) is 1. The third-order valence-electron chi connectivity index (χ3n) is 5.55. The van der Waals surface area contributed by atoms with Crippen molar-refractivity contribution in [3.8, 4) is 17.1 Å². The van der Waals surface area contributed by atoms with E-state index in [9.17, 15) is 32.7 Å². The summed E-state index contributed by atoms with van der Waals surface area (Å²) in [7, 11) is 1.43. The highest BCUT2D eigenvalue weighted by Crippen LogP contribution is 2.27. The first-order valence-corrected chi connectivity index (χ1v) is 11.8. The molecule has 2 aromatic carbocycles. The average molecular weight is 572 g/mol. The van der Waals surface area contributed by atoms with E-state index in [-0.39, 0.29) is 24.4 Å². The third-order valence-corrected chi connectivity index (χ3v) is 5.80. The fourth-order valence-electron chi connectivity index (χ4n) is 3.71. The van der Waals surface area contributed by atoms with Gasteiger partial charge in [-0.05, 0) is 30.3 Å². The molecule has 0 aliphatic carbocycles.